The fourth-order valence-corrected chi connectivity index (χ4v) is 2.18. The molecule has 0 aliphatic carbocycles. The van der Waals surface area contributed by atoms with Gasteiger partial charge < -0.3 is 10.6 Å². The Balaban J connectivity index is 2.05. The number of carbonyl (C=O) groups is 2. The summed E-state index contributed by atoms with van der Waals surface area (Å²) in [6, 6.07) is 11.8. The number of thiocarbonyl (C=S) groups is 1. The lowest BCUT2D eigenvalue weighted by Crippen LogP contribution is -2.35. The number of amides is 2. The number of anilines is 1. The molecule has 128 valence electrons. The summed E-state index contributed by atoms with van der Waals surface area (Å²) < 4.78 is 12.9. The zero-order chi connectivity index (χ0) is 18.2. The lowest BCUT2D eigenvalue weighted by Gasteiger charge is -2.13. The van der Waals surface area contributed by atoms with Crippen LogP contribution in [0.4, 0.5) is 10.1 Å². The molecule has 0 saturated heterocycles. The van der Waals surface area contributed by atoms with Gasteiger partial charge in [0.05, 0.1) is 11.3 Å². The molecule has 0 bridgehead atoms. The first-order valence-corrected chi connectivity index (χ1v) is 7.78. The number of hydrogen-bond acceptors (Lipinski definition) is 3. The summed E-state index contributed by atoms with van der Waals surface area (Å²) in [5.41, 5.74) is 1.10. The number of para-hydroxylation sites is 1. The molecular weight excluding hydrogens is 341 g/mol. The Hall–Kier alpha value is -3.06. The highest BCUT2D eigenvalue weighted by Crippen LogP contribution is 2.15. The van der Waals surface area contributed by atoms with E-state index in [1.165, 1.54) is 24.3 Å². The predicted octanol–water partition coefficient (Wildman–Crippen LogP) is 2.87. The molecule has 25 heavy (non-hydrogen) atoms. The Kier molecular flexibility index (Phi) is 6.36. The van der Waals surface area contributed by atoms with Crippen LogP contribution < -0.4 is 16.0 Å². The lowest BCUT2D eigenvalue weighted by molar-refractivity contribution is 0.0956. The van der Waals surface area contributed by atoms with Crippen LogP contribution >= 0.6 is 12.2 Å². The molecule has 0 aliphatic heterocycles. The van der Waals surface area contributed by atoms with Crippen molar-refractivity contribution in [1.29, 1.82) is 0 Å². The maximum atomic E-state index is 12.9. The van der Waals surface area contributed by atoms with E-state index >= 15 is 0 Å². The van der Waals surface area contributed by atoms with Crippen LogP contribution in [-0.4, -0.2) is 23.5 Å². The molecule has 0 radical (unpaired) electrons. The molecule has 0 atom stereocenters. The van der Waals surface area contributed by atoms with Gasteiger partial charge in [0.2, 0.25) is 0 Å². The Morgan fingerprint density at radius 1 is 1.08 bits per heavy atom. The van der Waals surface area contributed by atoms with E-state index in [0.717, 1.165) is 0 Å². The average Bonchev–Trinajstić information content (AvgIpc) is 2.60. The van der Waals surface area contributed by atoms with E-state index in [1.807, 2.05) is 0 Å². The zero-order valence-corrected chi connectivity index (χ0v) is 14.0. The molecule has 0 fully saturated rings. The summed E-state index contributed by atoms with van der Waals surface area (Å²) >= 11 is 5.11. The topological polar surface area (TPSA) is 70.2 Å². The van der Waals surface area contributed by atoms with Crippen LogP contribution in [0, 0.1) is 5.82 Å². The SMILES string of the molecule is C=CCNC(=O)c1ccccc1NC(=S)NC(=O)c1ccc(F)cc1. The molecule has 0 saturated carbocycles. The van der Waals surface area contributed by atoms with Crippen LogP contribution in [0.25, 0.3) is 0 Å². The Labute approximate surface area is 149 Å². The Morgan fingerprint density at radius 3 is 2.44 bits per heavy atom. The van der Waals surface area contributed by atoms with Crippen LogP contribution in [0.5, 0.6) is 0 Å². The number of halogens is 1. The molecule has 2 amide bonds. The van der Waals surface area contributed by atoms with E-state index in [4.69, 9.17) is 12.2 Å². The quantitative estimate of drug-likeness (QED) is 0.568. The minimum atomic E-state index is -0.480. The number of hydrogen-bond donors (Lipinski definition) is 3. The molecule has 2 aromatic carbocycles. The monoisotopic (exact) mass is 357 g/mol. The van der Waals surface area contributed by atoms with Gasteiger partial charge in [-0.25, -0.2) is 4.39 Å². The van der Waals surface area contributed by atoms with Crippen molar-refractivity contribution in [2.75, 3.05) is 11.9 Å². The molecular formula is C18H16FN3O2S. The van der Waals surface area contributed by atoms with E-state index in [1.54, 1.807) is 30.3 Å². The van der Waals surface area contributed by atoms with E-state index in [0.29, 0.717) is 17.8 Å². The minimum Gasteiger partial charge on any atom is -0.349 e. The second kappa shape index (κ2) is 8.70. The largest absolute Gasteiger partial charge is 0.349 e. The highest BCUT2D eigenvalue weighted by Gasteiger charge is 2.13. The molecule has 0 heterocycles. The van der Waals surface area contributed by atoms with Crippen LogP contribution in [0.3, 0.4) is 0 Å². The van der Waals surface area contributed by atoms with E-state index in [-0.39, 0.29) is 16.6 Å². The molecule has 0 spiro atoms. The van der Waals surface area contributed by atoms with Crippen molar-refractivity contribution in [1.82, 2.24) is 10.6 Å². The van der Waals surface area contributed by atoms with Gasteiger partial charge in [-0.3, -0.25) is 14.9 Å². The molecule has 0 unspecified atom stereocenters. The zero-order valence-electron chi connectivity index (χ0n) is 13.2. The van der Waals surface area contributed by atoms with Crippen molar-refractivity contribution < 1.29 is 14.0 Å². The Bertz CT molecular complexity index is 806. The standard InChI is InChI=1S/C18H16FN3O2S/c1-2-11-20-17(24)14-5-3-4-6-15(14)21-18(25)22-16(23)12-7-9-13(19)10-8-12/h2-10H,1,11H2,(H,20,24)(H2,21,22,23,25). The second-order valence-electron chi connectivity index (χ2n) is 4.96. The number of benzene rings is 2. The third-order valence-electron chi connectivity index (χ3n) is 3.16. The first kappa shape index (κ1) is 18.3. The van der Waals surface area contributed by atoms with Gasteiger partial charge in [-0.15, -0.1) is 6.58 Å². The summed E-state index contributed by atoms with van der Waals surface area (Å²) in [5.74, 6) is -1.21. The number of rotatable bonds is 5. The average molecular weight is 357 g/mol. The van der Waals surface area contributed by atoms with E-state index in [2.05, 4.69) is 22.5 Å². The maximum Gasteiger partial charge on any atom is 0.257 e. The van der Waals surface area contributed by atoms with Gasteiger partial charge in [-0.2, -0.15) is 0 Å². The van der Waals surface area contributed by atoms with Crippen LogP contribution in [0.1, 0.15) is 20.7 Å². The Morgan fingerprint density at radius 2 is 1.76 bits per heavy atom. The van der Waals surface area contributed by atoms with Crippen molar-refractivity contribution >= 4 is 34.8 Å². The lowest BCUT2D eigenvalue weighted by atomic mass is 10.1. The first-order valence-electron chi connectivity index (χ1n) is 7.37. The molecule has 3 N–H and O–H groups in total. The van der Waals surface area contributed by atoms with Crippen LogP contribution in [0.15, 0.2) is 61.2 Å². The van der Waals surface area contributed by atoms with E-state index < -0.39 is 11.7 Å². The molecule has 0 aliphatic rings. The molecule has 2 aromatic rings. The summed E-state index contributed by atoms with van der Waals surface area (Å²) in [6.45, 7) is 3.87. The van der Waals surface area contributed by atoms with Crippen molar-refractivity contribution in [3.8, 4) is 0 Å². The summed E-state index contributed by atoms with van der Waals surface area (Å²) in [4.78, 5) is 24.2. The summed E-state index contributed by atoms with van der Waals surface area (Å²) in [6.07, 6.45) is 1.57. The van der Waals surface area contributed by atoms with Crippen molar-refractivity contribution in [2.24, 2.45) is 0 Å². The number of carbonyl (C=O) groups excluding carboxylic acids is 2. The smallest absolute Gasteiger partial charge is 0.257 e. The second-order valence-corrected chi connectivity index (χ2v) is 5.37. The highest BCUT2D eigenvalue weighted by atomic mass is 32.1. The van der Waals surface area contributed by atoms with Gasteiger partial charge in [0.1, 0.15) is 5.82 Å². The van der Waals surface area contributed by atoms with Crippen molar-refractivity contribution in [3.63, 3.8) is 0 Å². The first-order chi connectivity index (χ1) is 12.0. The third kappa shape index (κ3) is 5.22. The molecule has 0 aromatic heterocycles. The van der Waals surface area contributed by atoms with E-state index in [9.17, 15) is 14.0 Å². The number of nitrogens with one attached hydrogen (secondary N) is 3. The predicted molar refractivity (Wildman–Crippen MR) is 99.1 cm³/mol. The van der Waals surface area contributed by atoms with Gasteiger partial charge in [0.25, 0.3) is 11.8 Å². The molecule has 5 nitrogen and oxygen atoms in total. The fraction of sp³-hybridized carbons (Fsp3) is 0.0556. The van der Waals surface area contributed by atoms with Gasteiger partial charge in [-0.1, -0.05) is 18.2 Å². The summed E-state index contributed by atoms with van der Waals surface area (Å²) in [7, 11) is 0. The van der Waals surface area contributed by atoms with Gasteiger partial charge in [0.15, 0.2) is 5.11 Å². The minimum absolute atomic E-state index is 0.0262. The van der Waals surface area contributed by atoms with Gasteiger partial charge >= 0.3 is 0 Å². The highest BCUT2D eigenvalue weighted by molar-refractivity contribution is 7.80. The fourth-order valence-electron chi connectivity index (χ4n) is 1.98. The van der Waals surface area contributed by atoms with Crippen LogP contribution in [-0.2, 0) is 0 Å². The molecule has 2 rings (SSSR count). The third-order valence-corrected chi connectivity index (χ3v) is 3.36. The van der Waals surface area contributed by atoms with Crippen molar-refractivity contribution in [3.05, 3.63) is 78.1 Å². The normalized spacial score (nSPS) is 9.80. The molecule has 7 heteroatoms. The van der Waals surface area contributed by atoms with Gasteiger partial charge in [0, 0.05) is 12.1 Å². The van der Waals surface area contributed by atoms with Crippen LogP contribution in [0.2, 0.25) is 0 Å². The van der Waals surface area contributed by atoms with Gasteiger partial charge in [-0.05, 0) is 48.6 Å². The van der Waals surface area contributed by atoms with Crippen molar-refractivity contribution in [2.45, 2.75) is 0 Å². The summed E-state index contributed by atoms with van der Waals surface area (Å²) in [5, 5.41) is 8.00. The maximum absolute atomic E-state index is 12.9.